The molecule has 1 amide bonds. The summed E-state index contributed by atoms with van der Waals surface area (Å²) in [5.41, 5.74) is 4.46. The highest BCUT2D eigenvalue weighted by Crippen LogP contribution is 2.42. The Bertz CT molecular complexity index is 1080. The largest absolute Gasteiger partial charge is 0.493 e. The van der Waals surface area contributed by atoms with Crippen molar-refractivity contribution >= 4 is 17.2 Å². The molecule has 2 aromatic carbocycles. The third-order valence-electron chi connectivity index (χ3n) is 5.91. The van der Waals surface area contributed by atoms with E-state index >= 15 is 0 Å². The maximum absolute atomic E-state index is 13.3. The number of benzene rings is 2. The Morgan fingerprint density at radius 3 is 2.55 bits per heavy atom. The quantitative estimate of drug-likeness (QED) is 0.548. The van der Waals surface area contributed by atoms with Crippen molar-refractivity contribution in [1.82, 2.24) is 4.90 Å². The van der Waals surface area contributed by atoms with Crippen LogP contribution in [0.5, 0.6) is 17.2 Å². The third-order valence-corrected chi connectivity index (χ3v) is 6.84. The molecule has 0 N–H and O–H groups in total. The minimum atomic E-state index is -0.168. The summed E-state index contributed by atoms with van der Waals surface area (Å²) < 4.78 is 17.0. The number of aryl methyl sites for hydroxylation is 1. The van der Waals surface area contributed by atoms with Gasteiger partial charge in [-0.25, -0.2) is 0 Å². The molecule has 0 fully saturated rings. The van der Waals surface area contributed by atoms with Crippen LogP contribution in [0.15, 0.2) is 47.8 Å². The number of amides is 1. The van der Waals surface area contributed by atoms with Gasteiger partial charge in [0.25, 0.3) is 5.91 Å². The Morgan fingerprint density at radius 1 is 1.06 bits per heavy atom. The second-order valence-electron chi connectivity index (χ2n) is 7.65. The lowest BCUT2D eigenvalue weighted by molar-refractivity contribution is -0.135. The Balaban J connectivity index is 1.65. The molecule has 1 aromatic heterocycles. The van der Waals surface area contributed by atoms with Crippen LogP contribution in [0.2, 0.25) is 0 Å². The Hall–Kier alpha value is -2.99. The second-order valence-corrected chi connectivity index (χ2v) is 8.63. The van der Waals surface area contributed by atoms with E-state index in [2.05, 4.69) is 6.07 Å². The van der Waals surface area contributed by atoms with E-state index in [1.165, 1.54) is 5.56 Å². The SMILES string of the molecule is COc1cc2c(cc1OC)[C@@H](c1cccs1)N(C(=O)COc1cccc(C)c1C)CC2. The number of nitrogens with zero attached hydrogens (tertiary/aromatic N) is 1. The minimum absolute atomic E-state index is 0.00872. The van der Waals surface area contributed by atoms with Gasteiger partial charge in [0.2, 0.25) is 0 Å². The predicted octanol–water partition coefficient (Wildman–Crippen LogP) is 4.94. The molecule has 162 valence electrons. The highest BCUT2D eigenvalue weighted by molar-refractivity contribution is 7.10. The number of fused-ring (bicyclic) bond motifs is 1. The number of ether oxygens (including phenoxy) is 3. The number of carbonyl (C=O) groups excluding carboxylic acids is 1. The van der Waals surface area contributed by atoms with Crippen molar-refractivity contribution in [3.63, 3.8) is 0 Å². The molecule has 5 nitrogen and oxygen atoms in total. The van der Waals surface area contributed by atoms with Crippen LogP contribution in [-0.4, -0.2) is 38.2 Å². The number of carbonyl (C=O) groups is 1. The van der Waals surface area contributed by atoms with Gasteiger partial charge in [0.05, 0.1) is 20.3 Å². The van der Waals surface area contributed by atoms with Crippen LogP contribution in [-0.2, 0) is 11.2 Å². The van der Waals surface area contributed by atoms with Crippen LogP contribution in [0, 0.1) is 13.8 Å². The van der Waals surface area contributed by atoms with E-state index in [0.29, 0.717) is 18.0 Å². The van der Waals surface area contributed by atoms with Crippen LogP contribution in [0.1, 0.15) is 33.2 Å². The highest BCUT2D eigenvalue weighted by Gasteiger charge is 2.34. The van der Waals surface area contributed by atoms with E-state index in [4.69, 9.17) is 14.2 Å². The minimum Gasteiger partial charge on any atom is -0.493 e. The molecule has 0 saturated heterocycles. The Labute approximate surface area is 187 Å². The van der Waals surface area contributed by atoms with Gasteiger partial charge in [-0.2, -0.15) is 0 Å². The van der Waals surface area contributed by atoms with Gasteiger partial charge >= 0.3 is 0 Å². The lowest BCUT2D eigenvalue weighted by Crippen LogP contribution is -2.42. The molecule has 31 heavy (non-hydrogen) atoms. The van der Waals surface area contributed by atoms with Gasteiger partial charge in [-0.1, -0.05) is 18.2 Å². The maximum atomic E-state index is 13.3. The van der Waals surface area contributed by atoms with Crippen LogP contribution in [0.3, 0.4) is 0 Å². The average molecular weight is 438 g/mol. The first-order chi connectivity index (χ1) is 15.0. The molecule has 0 unspecified atom stereocenters. The van der Waals surface area contributed by atoms with E-state index in [-0.39, 0.29) is 18.6 Å². The fourth-order valence-corrected chi connectivity index (χ4v) is 4.93. The van der Waals surface area contributed by atoms with Crippen molar-refractivity contribution in [2.24, 2.45) is 0 Å². The van der Waals surface area contributed by atoms with Gasteiger partial charge in [-0.15, -0.1) is 11.3 Å². The number of rotatable bonds is 6. The molecule has 0 bridgehead atoms. The summed E-state index contributed by atoms with van der Waals surface area (Å²) in [4.78, 5) is 16.4. The lowest BCUT2D eigenvalue weighted by atomic mass is 9.90. The summed E-state index contributed by atoms with van der Waals surface area (Å²) in [6.45, 7) is 4.69. The number of thiophene rings is 1. The average Bonchev–Trinajstić information content (AvgIpc) is 3.32. The highest BCUT2D eigenvalue weighted by atomic mass is 32.1. The fourth-order valence-electron chi connectivity index (χ4n) is 4.07. The summed E-state index contributed by atoms with van der Waals surface area (Å²) in [7, 11) is 3.28. The zero-order valence-corrected chi connectivity index (χ0v) is 19.1. The number of hydrogen-bond donors (Lipinski definition) is 0. The van der Waals surface area contributed by atoms with Crippen molar-refractivity contribution in [3.05, 3.63) is 75.0 Å². The van der Waals surface area contributed by atoms with Crippen LogP contribution in [0.25, 0.3) is 0 Å². The predicted molar refractivity (Wildman–Crippen MR) is 123 cm³/mol. The standard InChI is InChI=1S/C25H27NO4S/c1-16-7-5-8-20(17(16)2)30-15-24(27)26-11-10-18-13-21(28-3)22(29-4)14-19(18)25(26)23-9-6-12-31-23/h5-9,12-14,25H,10-11,15H2,1-4H3/t25-/m0/s1. The molecule has 0 aliphatic carbocycles. The summed E-state index contributed by atoms with van der Waals surface area (Å²) in [5, 5.41) is 2.04. The summed E-state index contributed by atoms with van der Waals surface area (Å²) >= 11 is 1.65. The topological polar surface area (TPSA) is 48.0 Å². The first-order valence-corrected chi connectivity index (χ1v) is 11.2. The first-order valence-electron chi connectivity index (χ1n) is 10.3. The smallest absolute Gasteiger partial charge is 0.261 e. The van der Waals surface area contributed by atoms with Crippen molar-refractivity contribution in [2.45, 2.75) is 26.3 Å². The molecule has 1 aliphatic rings. The van der Waals surface area contributed by atoms with Crippen molar-refractivity contribution < 1.29 is 19.0 Å². The second kappa shape index (κ2) is 9.02. The van der Waals surface area contributed by atoms with Gasteiger partial charge in [-0.05, 0) is 72.2 Å². The normalized spacial score (nSPS) is 15.4. The van der Waals surface area contributed by atoms with Crippen molar-refractivity contribution in [1.29, 1.82) is 0 Å². The fraction of sp³-hybridized carbons (Fsp3) is 0.320. The van der Waals surface area contributed by atoms with Gasteiger partial charge < -0.3 is 19.1 Å². The van der Waals surface area contributed by atoms with Gasteiger partial charge in [0.15, 0.2) is 18.1 Å². The summed E-state index contributed by atoms with van der Waals surface area (Å²) in [5.74, 6) is 2.11. The van der Waals surface area contributed by atoms with Crippen LogP contribution < -0.4 is 14.2 Å². The molecule has 1 atom stereocenters. The molecule has 0 saturated carbocycles. The van der Waals surface area contributed by atoms with E-state index in [1.807, 2.05) is 60.5 Å². The summed E-state index contributed by atoms with van der Waals surface area (Å²) in [6.07, 6.45) is 0.757. The molecule has 2 heterocycles. The molecule has 6 heteroatoms. The molecular weight excluding hydrogens is 410 g/mol. The molecule has 0 radical (unpaired) electrons. The van der Waals surface area contributed by atoms with Gasteiger partial charge in [0, 0.05) is 11.4 Å². The van der Waals surface area contributed by atoms with E-state index < -0.39 is 0 Å². The number of methoxy groups -OCH3 is 2. The Morgan fingerprint density at radius 2 is 1.84 bits per heavy atom. The molecular formula is C25H27NO4S. The van der Waals surface area contributed by atoms with Crippen LogP contribution >= 0.6 is 11.3 Å². The van der Waals surface area contributed by atoms with Crippen LogP contribution in [0.4, 0.5) is 0 Å². The van der Waals surface area contributed by atoms with E-state index in [0.717, 1.165) is 33.7 Å². The van der Waals surface area contributed by atoms with E-state index in [1.54, 1.807) is 25.6 Å². The van der Waals surface area contributed by atoms with Gasteiger partial charge in [-0.3, -0.25) is 4.79 Å². The lowest BCUT2D eigenvalue weighted by Gasteiger charge is -2.37. The third kappa shape index (κ3) is 4.12. The maximum Gasteiger partial charge on any atom is 0.261 e. The molecule has 4 rings (SSSR count). The van der Waals surface area contributed by atoms with Crippen molar-refractivity contribution in [2.75, 3.05) is 27.4 Å². The molecule has 3 aromatic rings. The van der Waals surface area contributed by atoms with E-state index in [9.17, 15) is 4.79 Å². The summed E-state index contributed by atoms with van der Waals surface area (Å²) in [6, 6.07) is 13.9. The van der Waals surface area contributed by atoms with Gasteiger partial charge in [0.1, 0.15) is 5.75 Å². The Kier molecular flexibility index (Phi) is 6.18. The number of hydrogen-bond acceptors (Lipinski definition) is 5. The zero-order valence-electron chi connectivity index (χ0n) is 18.3. The molecule has 0 spiro atoms. The van der Waals surface area contributed by atoms with Crippen molar-refractivity contribution in [3.8, 4) is 17.2 Å². The molecule has 1 aliphatic heterocycles. The zero-order chi connectivity index (χ0) is 22.0. The monoisotopic (exact) mass is 437 g/mol. The first kappa shape index (κ1) is 21.2.